The Kier molecular flexibility index (Phi) is 4.97. The van der Waals surface area contributed by atoms with Gasteiger partial charge < -0.3 is 19.9 Å². The number of piperazine rings is 1. The van der Waals surface area contributed by atoms with Gasteiger partial charge in [0.25, 0.3) is 0 Å². The summed E-state index contributed by atoms with van der Waals surface area (Å²) in [5.74, 6) is -0.194. The monoisotopic (exact) mass is 297 g/mol. The fraction of sp³-hybridized carbons (Fsp3) is 0.462. The molecule has 110 valence electrons. The van der Waals surface area contributed by atoms with E-state index in [0.29, 0.717) is 18.7 Å². The molecule has 7 heteroatoms. The summed E-state index contributed by atoms with van der Waals surface area (Å²) in [6.07, 6.45) is 0.353. The van der Waals surface area contributed by atoms with Crippen LogP contribution >= 0.6 is 12.9 Å². The van der Waals surface area contributed by atoms with Crippen molar-refractivity contribution >= 4 is 30.3 Å². The number of thiol groups is 1. The van der Waals surface area contributed by atoms with Gasteiger partial charge in [-0.3, -0.25) is 9.69 Å². The Bertz CT molecular complexity index is 476. The Balaban J connectivity index is 1.84. The van der Waals surface area contributed by atoms with E-state index in [0.717, 1.165) is 31.9 Å². The van der Waals surface area contributed by atoms with Crippen LogP contribution in [0.25, 0.3) is 0 Å². The highest BCUT2D eigenvalue weighted by atomic mass is 32.1. The molecule has 0 radical (unpaired) electrons. The molecule has 1 aromatic carbocycles. The molecule has 2 rings (SSSR count). The van der Waals surface area contributed by atoms with Gasteiger partial charge in [0.05, 0.1) is 12.1 Å². The zero-order chi connectivity index (χ0) is 14.5. The van der Waals surface area contributed by atoms with Crippen molar-refractivity contribution in [2.45, 2.75) is 6.42 Å². The topological polar surface area (TPSA) is 79.0 Å². The van der Waals surface area contributed by atoms with Gasteiger partial charge in [-0.1, -0.05) is 0 Å². The van der Waals surface area contributed by atoms with Crippen molar-refractivity contribution in [3.05, 3.63) is 18.2 Å². The van der Waals surface area contributed by atoms with E-state index in [-0.39, 0.29) is 11.7 Å². The number of aromatic hydroxyl groups is 1. The van der Waals surface area contributed by atoms with Crippen LogP contribution in [0.4, 0.5) is 11.4 Å². The lowest BCUT2D eigenvalue weighted by molar-refractivity contribution is -0.133. The maximum Gasteiger partial charge on any atom is 0.318 e. The van der Waals surface area contributed by atoms with Crippen LogP contribution in [0.1, 0.15) is 6.42 Å². The van der Waals surface area contributed by atoms with Gasteiger partial charge in [-0.2, -0.15) is 0 Å². The predicted octanol–water partition coefficient (Wildman–Crippen LogP) is 0.874. The van der Waals surface area contributed by atoms with Crippen molar-refractivity contribution in [1.82, 2.24) is 4.90 Å². The molecule has 1 fully saturated rings. The van der Waals surface area contributed by atoms with Crippen LogP contribution in [0.5, 0.6) is 5.75 Å². The van der Waals surface area contributed by atoms with E-state index in [1.54, 1.807) is 12.1 Å². The first-order valence-electron chi connectivity index (χ1n) is 6.50. The summed E-state index contributed by atoms with van der Waals surface area (Å²) in [6.45, 7) is 4.11. The Labute approximate surface area is 123 Å². The summed E-state index contributed by atoms with van der Waals surface area (Å²) < 4.78 is 4.33. The SMILES string of the molecule is Nc1ccc(N2CCN(CCC(=O)OS)CC2)cc1O. The highest BCUT2D eigenvalue weighted by Crippen LogP contribution is 2.26. The Hall–Kier alpha value is -1.60. The number of carbonyl (C=O) groups excluding carboxylic acids is 1. The molecule has 0 bridgehead atoms. The molecule has 1 aromatic rings. The molecule has 6 nitrogen and oxygen atoms in total. The summed E-state index contributed by atoms with van der Waals surface area (Å²) in [5.41, 5.74) is 6.95. The van der Waals surface area contributed by atoms with E-state index < -0.39 is 0 Å². The number of hydrogen-bond donors (Lipinski definition) is 3. The van der Waals surface area contributed by atoms with Gasteiger partial charge in [-0.05, 0) is 12.1 Å². The number of nitrogens with zero attached hydrogens (tertiary/aromatic N) is 2. The van der Waals surface area contributed by atoms with Gasteiger partial charge in [-0.15, -0.1) is 0 Å². The molecule has 20 heavy (non-hydrogen) atoms. The Morgan fingerprint density at radius 3 is 2.65 bits per heavy atom. The molecule has 3 N–H and O–H groups in total. The first-order chi connectivity index (χ1) is 9.60. The number of anilines is 2. The predicted molar refractivity (Wildman–Crippen MR) is 80.9 cm³/mol. The second-order valence-corrected chi connectivity index (χ2v) is 4.97. The van der Waals surface area contributed by atoms with Gasteiger partial charge in [0, 0.05) is 57.4 Å². The fourth-order valence-corrected chi connectivity index (χ4v) is 2.34. The summed E-state index contributed by atoms with van der Waals surface area (Å²) in [5, 5.41) is 9.63. The van der Waals surface area contributed by atoms with Crippen molar-refractivity contribution < 1.29 is 14.1 Å². The maximum absolute atomic E-state index is 11.0. The van der Waals surface area contributed by atoms with E-state index in [9.17, 15) is 9.90 Å². The average molecular weight is 297 g/mol. The number of nitrogen functional groups attached to an aromatic ring is 1. The van der Waals surface area contributed by atoms with Crippen LogP contribution in [-0.2, 0) is 8.98 Å². The maximum atomic E-state index is 11.0. The fourth-order valence-electron chi connectivity index (χ4n) is 2.25. The molecule has 0 aromatic heterocycles. The minimum Gasteiger partial charge on any atom is -0.506 e. The van der Waals surface area contributed by atoms with Crippen LogP contribution in [0.2, 0.25) is 0 Å². The number of carbonyl (C=O) groups is 1. The van der Waals surface area contributed by atoms with E-state index in [2.05, 4.69) is 26.9 Å². The molecule has 0 amide bonds. The third kappa shape index (κ3) is 3.71. The molecule has 0 saturated carbocycles. The van der Waals surface area contributed by atoms with Crippen molar-refractivity contribution in [3.63, 3.8) is 0 Å². The van der Waals surface area contributed by atoms with Crippen LogP contribution in [0.15, 0.2) is 18.2 Å². The number of hydrogen-bond acceptors (Lipinski definition) is 7. The highest BCUT2D eigenvalue weighted by molar-refractivity contribution is 7.75. The van der Waals surface area contributed by atoms with Crippen LogP contribution in [0, 0.1) is 0 Å². The minimum atomic E-state index is -0.306. The largest absolute Gasteiger partial charge is 0.506 e. The van der Waals surface area contributed by atoms with E-state index in [1.807, 2.05) is 6.07 Å². The molecule has 0 spiro atoms. The van der Waals surface area contributed by atoms with Crippen LogP contribution < -0.4 is 10.6 Å². The van der Waals surface area contributed by atoms with Gasteiger partial charge in [0.15, 0.2) is 0 Å². The van der Waals surface area contributed by atoms with Crippen molar-refractivity contribution in [2.75, 3.05) is 43.4 Å². The van der Waals surface area contributed by atoms with Gasteiger partial charge in [0.2, 0.25) is 0 Å². The third-order valence-corrected chi connectivity index (χ3v) is 3.69. The van der Waals surface area contributed by atoms with Crippen LogP contribution in [-0.4, -0.2) is 48.7 Å². The Morgan fingerprint density at radius 2 is 2.05 bits per heavy atom. The first kappa shape index (κ1) is 14.8. The first-order valence-corrected chi connectivity index (χ1v) is 6.86. The quantitative estimate of drug-likeness (QED) is 0.331. The average Bonchev–Trinajstić information content (AvgIpc) is 2.48. The standard InChI is InChI=1S/C13H19N3O3S/c14-11-2-1-10(9-12(11)17)16-7-5-15(6-8-16)4-3-13(18)19-20/h1-2,9,17,20H,3-8,14H2. The van der Waals surface area contributed by atoms with Crippen molar-refractivity contribution in [2.24, 2.45) is 0 Å². The van der Waals surface area contributed by atoms with E-state index in [1.165, 1.54) is 0 Å². The van der Waals surface area contributed by atoms with E-state index in [4.69, 9.17) is 5.73 Å². The number of phenols is 1. The molecular weight excluding hydrogens is 278 g/mol. The smallest absolute Gasteiger partial charge is 0.318 e. The molecule has 1 saturated heterocycles. The lowest BCUT2D eigenvalue weighted by Gasteiger charge is -2.36. The highest BCUT2D eigenvalue weighted by Gasteiger charge is 2.18. The van der Waals surface area contributed by atoms with Gasteiger partial charge in [-0.25, -0.2) is 0 Å². The number of phenolic OH excluding ortho intramolecular Hbond substituents is 1. The minimum absolute atomic E-state index is 0.112. The molecule has 0 aliphatic carbocycles. The van der Waals surface area contributed by atoms with Crippen LogP contribution in [0.3, 0.4) is 0 Å². The molecule has 0 unspecified atom stereocenters. The second-order valence-electron chi connectivity index (χ2n) is 4.79. The molecule has 1 aliphatic heterocycles. The Morgan fingerprint density at radius 1 is 1.35 bits per heavy atom. The number of benzene rings is 1. The molecular formula is C13H19N3O3S. The second kappa shape index (κ2) is 6.71. The summed E-state index contributed by atoms with van der Waals surface area (Å²) in [7, 11) is 0. The molecule has 1 heterocycles. The normalized spacial score (nSPS) is 16.1. The molecule has 1 aliphatic rings. The third-order valence-electron chi connectivity index (χ3n) is 3.49. The van der Waals surface area contributed by atoms with Crippen molar-refractivity contribution in [1.29, 1.82) is 0 Å². The van der Waals surface area contributed by atoms with Gasteiger partial charge in [0.1, 0.15) is 5.75 Å². The number of rotatable bonds is 4. The summed E-state index contributed by atoms with van der Waals surface area (Å²) >= 11 is 3.48. The van der Waals surface area contributed by atoms with Crippen molar-refractivity contribution in [3.8, 4) is 5.75 Å². The number of nitrogens with two attached hydrogens (primary N) is 1. The summed E-state index contributed by atoms with van der Waals surface area (Å²) in [6, 6.07) is 5.30. The lowest BCUT2D eigenvalue weighted by Crippen LogP contribution is -2.46. The lowest BCUT2D eigenvalue weighted by atomic mass is 10.2. The zero-order valence-electron chi connectivity index (χ0n) is 11.2. The molecule has 0 atom stereocenters. The zero-order valence-corrected chi connectivity index (χ0v) is 12.1. The summed E-state index contributed by atoms with van der Waals surface area (Å²) in [4.78, 5) is 15.4. The van der Waals surface area contributed by atoms with Gasteiger partial charge >= 0.3 is 5.97 Å². The van der Waals surface area contributed by atoms with E-state index >= 15 is 0 Å².